The number of nitrogens with zero attached hydrogens (tertiary/aromatic N) is 1. The molecule has 156 valence electrons. The van der Waals surface area contributed by atoms with Crippen LogP contribution >= 0.6 is 0 Å². The molecule has 0 aromatic heterocycles. The number of carbonyl (C=O) groups is 4. The highest BCUT2D eigenvalue weighted by Crippen LogP contribution is 2.35. The third kappa shape index (κ3) is 4.85. The highest BCUT2D eigenvalue weighted by molar-refractivity contribution is 6.07. The molecule has 1 heterocycles. The van der Waals surface area contributed by atoms with Gasteiger partial charge in [0.1, 0.15) is 11.3 Å². The van der Waals surface area contributed by atoms with E-state index >= 15 is 0 Å². The van der Waals surface area contributed by atoms with Gasteiger partial charge in [-0.3, -0.25) is 19.3 Å². The van der Waals surface area contributed by atoms with Crippen LogP contribution in [-0.4, -0.2) is 54.0 Å². The number of nitrogens with one attached hydrogen (secondary N) is 2. The van der Waals surface area contributed by atoms with Crippen molar-refractivity contribution >= 4 is 29.5 Å². The summed E-state index contributed by atoms with van der Waals surface area (Å²) in [6.45, 7) is 1.91. The summed E-state index contributed by atoms with van der Waals surface area (Å²) in [5.41, 5.74) is -0.241. The van der Waals surface area contributed by atoms with Crippen LogP contribution in [-0.2, 0) is 19.1 Å². The maximum atomic E-state index is 12.5. The molecule has 1 saturated carbocycles. The van der Waals surface area contributed by atoms with Gasteiger partial charge in [0, 0.05) is 12.2 Å². The van der Waals surface area contributed by atoms with E-state index in [0.717, 1.165) is 17.7 Å². The summed E-state index contributed by atoms with van der Waals surface area (Å²) >= 11 is 0. The number of urea groups is 1. The third-order valence-electron chi connectivity index (χ3n) is 5.06. The molecule has 1 aromatic carbocycles. The van der Waals surface area contributed by atoms with E-state index in [9.17, 15) is 19.2 Å². The van der Waals surface area contributed by atoms with Crippen LogP contribution in [0.2, 0.25) is 0 Å². The van der Waals surface area contributed by atoms with Crippen LogP contribution in [0.1, 0.15) is 39.0 Å². The van der Waals surface area contributed by atoms with Crippen molar-refractivity contribution in [2.75, 3.05) is 25.1 Å². The molecule has 29 heavy (non-hydrogen) atoms. The average molecular weight is 403 g/mol. The van der Waals surface area contributed by atoms with Crippen LogP contribution in [0, 0.1) is 0 Å². The average Bonchev–Trinajstić information content (AvgIpc) is 3.26. The van der Waals surface area contributed by atoms with E-state index in [4.69, 9.17) is 9.47 Å². The molecule has 9 nitrogen and oxygen atoms in total. The molecule has 1 spiro atoms. The Morgan fingerprint density at radius 2 is 1.86 bits per heavy atom. The number of rotatable bonds is 8. The molecule has 1 saturated heterocycles. The van der Waals surface area contributed by atoms with Gasteiger partial charge in [0.05, 0.1) is 13.0 Å². The summed E-state index contributed by atoms with van der Waals surface area (Å²) < 4.78 is 10.3. The molecular formula is C20H25N3O6. The lowest BCUT2D eigenvalue weighted by Gasteiger charge is -2.19. The zero-order valence-electron chi connectivity index (χ0n) is 16.4. The van der Waals surface area contributed by atoms with Crippen molar-refractivity contribution in [3.8, 4) is 5.75 Å². The Labute approximate surface area is 168 Å². The van der Waals surface area contributed by atoms with Gasteiger partial charge in [-0.1, -0.05) is 12.8 Å². The maximum Gasteiger partial charge on any atom is 0.325 e. The Kier molecular flexibility index (Phi) is 6.36. The van der Waals surface area contributed by atoms with Crippen molar-refractivity contribution in [3.63, 3.8) is 0 Å². The van der Waals surface area contributed by atoms with E-state index in [1.165, 1.54) is 0 Å². The van der Waals surface area contributed by atoms with Crippen LogP contribution in [0.4, 0.5) is 10.5 Å². The number of benzene rings is 1. The fraction of sp³-hybridized carbons (Fsp3) is 0.500. The first-order valence-electron chi connectivity index (χ1n) is 9.76. The van der Waals surface area contributed by atoms with Gasteiger partial charge in [-0.25, -0.2) is 4.79 Å². The molecule has 4 amide bonds. The van der Waals surface area contributed by atoms with Crippen molar-refractivity contribution < 1.29 is 28.7 Å². The predicted octanol–water partition coefficient (Wildman–Crippen LogP) is 1.82. The summed E-state index contributed by atoms with van der Waals surface area (Å²) in [6.07, 6.45) is 2.89. The number of carbonyl (C=O) groups excluding carboxylic acids is 4. The summed E-state index contributed by atoms with van der Waals surface area (Å²) in [5, 5.41) is 5.36. The zero-order valence-corrected chi connectivity index (χ0v) is 16.4. The van der Waals surface area contributed by atoms with Gasteiger partial charge in [0.25, 0.3) is 11.8 Å². The van der Waals surface area contributed by atoms with Gasteiger partial charge < -0.3 is 20.1 Å². The molecule has 1 aliphatic heterocycles. The normalized spacial score (nSPS) is 17.3. The van der Waals surface area contributed by atoms with Crippen LogP contribution < -0.4 is 15.4 Å². The predicted molar refractivity (Wildman–Crippen MR) is 103 cm³/mol. The SMILES string of the molecule is CCOc1ccc(NC(=O)COC(=O)CCN2C(=O)NC3(CCCC3)C2=O)cc1. The summed E-state index contributed by atoms with van der Waals surface area (Å²) in [7, 11) is 0. The van der Waals surface area contributed by atoms with Crippen LogP contribution in [0.15, 0.2) is 24.3 Å². The van der Waals surface area contributed by atoms with Gasteiger partial charge in [-0.05, 0) is 44.0 Å². The van der Waals surface area contributed by atoms with Gasteiger partial charge in [0.15, 0.2) is 6.61 Å². The standard InChI is InChI=1S/C20H25N3O6/c1-2-28-15-7-5-14(6-8-15)21-16(24)13-29-17(25)9-12-23-18(26)20(22-19(23)27)10-3-4-11-20/h5-8H,2-4,9-13H2,1H3,(H,21,24)(H,22,27). The fourth-order valence-corrected chi connectivity index (χ4v) is 3.62. The summed E-state index contributed by atoms with van der Waals surface area (Å²) in [4.78, 5) is 49.5. The molecule has 2 fully saturated rings. The second-order valence-electron chi connectivity index (χ2n) is 7.09. The van der Waals surface area contributed by atoms with Gasteiger partial charge in [-0.2, -0.15) is 0 Å². The zero-order chi connectivity index (χ0) is 20.9. The first-order chi connectivity index (χ1) is 13.9. The minimum Gasteiger partial charge on any atom is -0.494 e. The van der Waals surface area contributed by atoms with Gasteiger partial charge >= 0.3 is 12.0 Å². The van der Waals surface area contributed by atoms with E-state index in [2.05, 4.69) is 10.6 Å². The number of hydrogen-bond donors (Lipinski definition) is 2. The summed E-state index contributed by atoms with van der Waals surface area (Å²) in [6, 6.07) is 6.33. The second-order valence-corrected chi connectivity index (χ2v) is 7.09. The first-order valence-corrected chi connectivity index (χ1v) is 9.76. The summed E-state index contributed by atoms with van der Waals surface area (Å²) in [5.74, 6) is -0.722. The van der Waals surface area contributed by atoms with Gasteiger partial charge in [0.2, 0.25) is 0 Å². The van der Waals surface area contributed by atoms with Crippen molar-refractivity contribution in [2.24, 2.45) is 0 Å². The minimum atomic E-state index is -0.793. The monoisotopic (exact) mass is 403 g/mol. The molecule has 0 atom stereocenters. The largest absolute Gasteiger partial charge is 0.494 e. The molecule has 1 aromatic rings. The Morgan fingerprint density at radius 3 is 2.52 bits per heavy atom. The number of ether oxygens (including phenoxy) is 2. The van der Waals surface area contributed by atoms with E-state index in [-0.39, 0.29) is 18.9 Å². The Bertz CT molecular complexity index is 786. The Morgan fingerprint density at radius 1 is 1.17 bits per heavy atom. The topological polar surface area (TPSA) is 114 Å². The smallest absolute Gasteiger partial charge is 0.325 e. The van der Waals surface area contributed by atoms with Crippen LogP contribution in [0.5, 0.6) is 5.75 Å². The molecule has 0 bridgehead atoms. The first kappa shape index (κ1) is 20.6. The molecule has 2 aliphatic rings. The number of imide groups is 1. The molecule has 3 rings (SSSR count). The number of anilines is 1. The van der Waals surface area contributed by atoms with E-state index in [0.29, 0.717) is 30.9 Å². The number of esters is 1. The van der Waals surface area contributed by atoms with Crippen LogP contribution in [0.3, 0.4) is 0 Å². The van der Waals surface area contributed by atoms with Gasteiger partial charge in [-0.15, -0.1) is 0 Å². The molecular weight excluding hydrogens is 378 g/mol. The lowest BCUT2D eigenvalue weighted by molar-refractivity contribution is -0.147. The molecule has 9 heteroatoms. The molecule has 0 unspecified atom stereocenters. The Balaban J connectivity index is 1.40. The third-order valence-corrected chi connectivity index (χ3v) is 5.06. The van der Waals surface area contributed by atoms with Crippen molar-refractivity contribution in [2.45, 2.75) is 44.6 Å². The minimum absolute atomic E-state index is 0.0637. The van der Waals surface area contributed by atoms with E-state index in [1.807, 2.05) is 6.92 Å². The highest BCUT2D eigenvalue weighted by Gasteiger charge is 2.52. The number of hydrogen-bond acceptors (Lipinski definition) is 6. The van der Waals surface area contributed by atoms with Crippen molar-refractivity contribution in [1.29, 1.82) is 0 Å². The maximum absolute atomic E-state index is 12.5. The molecule has 1 aliphatic carbocycles. The number of amides is 4. The van der Waals surface area contributed by atoms with E-state index < -0.39 is 30.1 Å². The quantitative estimate of drug-likeness (QED) is 0.506. The second kappa shape index (κ2) is 8.93. The highest BCUT2D eigenvalue weighted by atomic mass is 16.5. The molecule has 2 N–H and O–H groups in total. The van der Waals surface area contributed by atoms with Crippen molar-refractivity contribution in [1.82, 2.24) is 10.2 Å². The Hall–Kier alpha value is -3.10. The lowest BCUT2D eigenvalue weighted by Crippen LogP contribution is -2.44. The lowest BCUT2D eigenvalue weighted by atomic mass is 9.98. The fourth-order valence-electron chi connectivity index (χ4n) is 3.62. The molecule has 0 radical (unpaired) electrons. The van der Waals surface area contributed by atoms with E-state index in [1.54, 1.807) is 24.3 Å². The van der Waals surface area contributed by atoms with Crippen molar-refractivity contribution in [3.05, 3.63) is 24.3 Å². The van der Waals surface area contributed by atoms with Crippen LogP contribution in [0.25, 0.3) is 0 Å².